The van der Waals surface area contributed by atoms with Crippen molar-refractivity contribution in [3.8, 4) is 23.0 Å². The van der Waals surface area contributed by atoms with Gasteiger partial charge in [-0.3, -0.25) is 0 Å². The molecule has 200 valence electrons. The lowest BCUT2D eigenvalue weighted by Gasteiger charge is -2.39. The van der Waals surface area contributed by atoms with E-state index in [1.165, 1.54) is 7.11 Å². The maximum absolute atomic E-state index is 10.3. The Morgan fingerprint density at radius 2 is 1.49 bits per heavy atom. The maximum Gasteiger partial charge on any atom is 0.231 e. The molecule has 0 amide bonds. The molecule has 2 aromatic carbocycles. The van der Waals surface area contributed by atoms with Gasteiger partial charge in [-0.15, -0.1) is 0 Å². The molecule has 11 nitrogen and oxygen atoms in total. The van der Waals surface area contributed by atoms with Gasteiger partial charge in [0, 0.05) is 11.8 Å². The number of aliphatic hydroxyl groups is 4. The molecular formula is C26H30O11. The summed E-state index contributed by atoms with van der Waals surface area (Å²) in [5, 5.41) is 39.8. The molecule has 3 fully saturated rings. The van der Waals surface area contributed by atoms with Crippen LogP contribution in [0.1, 0.15) is 23.3 Å². The van der Waals surface area contributed by atoms with Crippen molar-refractivity contribution in [2.75, 3.05) is 33.7 Å². The molecular weight excluding hydrogens is 488 g/mol. The predicted octanol–water partition coefficient (Wildman–Crippen LogP) is 0.678. The summed E-state index contributed by atoms with van der Waals surface area (Å²) in [4.78, 5) is 0. The van der Waals surface area contributed by atoms with E-state index in [1.54, 1.807) is 12.1 Å². The van der Waals surface area contributed by atoms with Crippen molar-refractivity contribution in [2.24, 2.45) is 11.8 Å². The van der Waals surface area contributed by atoms with Crippen LogP contribution in [-0.4, -0.2) is 84.9 Å². The van der Waals surface area contributed by atoms with Gasteiger partial charge < -0.3 is 53.6 Å². The minimum Gasteiger partial charge on any atom is -0.493 e. The molecule has 9 atom stereocenters. The Balaban J connectivity index is 1.18. The number of fused-ring (bicyclic) bond motifs is 2. The number of ether oxygens (including phenoxy) is 7. The van der Waals surface area contributed by atoms with Crippen molar-refractivity contribution in [3.05, 3.63) is 47.5 Å². The van der Waals surface area contributed by atoms with Crippen molar-refractivity contribution in [2.45, 2.75) is 42.9 Å². The van der Waals surface area contributed by atoms with E-state index in [0.717, 1.165) is 22.6 Å². The standard InChI is InChI=1S/C26H30O11/c1-31-18-6-12(3-5-17(18)36-26-23(30)22(29)21(28)20(8-27)37-26)24-14-9-33-25(15(14)10-32-24)13-2-4-16-19(7-13)35-11-34-16/h2-7,14-15,20-30H,8-11H2,1H3/t14-,15-,20+,21+,22-,23+,24+,25-,26+/m1/s1. The molecule has 4 heterocycles. The van der Waals surface area contributed by atoms with Crippen LogP contribution in [0.3, 0.4) is 0 Å². The quantitative estimate of drug-likeness (QED) is 0.428. The normalized spacial score (nSPS) is 36.4. The topological polar surface area (TPSA) is 146 Å². The summed E-state index contributed by atoms with van der Waals surface area (Å²) in [7, 11) is 1.49. The highest BCUT2D eigenvalue weighted by molar-refractivity contribution is 5.46. The molecule has 0 saturated carbocycles. The summed E-state index contributed by atoms with van der Waals surface area (Å²) in [5.41, 5.74) is 1.92. The first-order chi connectivity index (χ1) is 18.0. The van der Waals surface area contributed by atoms with Crippen molar-refractivity contribution in [1.29, 1.82) is 0 Å². The lowest BCUT2D eigenvalue weighted by atomic mass is 9.85. The van der Waals surface area contributed by atoms with Crippen molar-refractivity contribution >= 4 is 0 Å². The van der Waals surface area contributed by atoms with Gasteiger partial charge in [-0.05, 0) is 35.4 Å². The molecule has 0 spiro atoms. The lowest BCUT2D eigenvalue weighted by Crippen LogP contribution is -2.60. The van der Waals surface area contributed by atoms with Gasteiger partial charge in [0.25, 0.3) is 0 Å². The molecule has 0 aliphatic carbocycles. The summed E-state index contributed by atoms with van der Waals surface area (Å²) < 4.78 is 40.2. The Labute approximate surface area is 213 Å². The van der Waals surface area contributed by atoms with Gasteiger partial charge in [-0.2, -0.15) is 0 Å². The molecule has 3 saturated heterocycles. The summed E-state index contributed by atoms with van der Waals surface area (Å²) in [6, 6.07) is 11.2. The first-order valence-electron chi connectivity index (χ1n) is 12.3. The highest BCUT2D eigenvalue weighted by Crippen LogP contribution is 2.52. The van der Waals surface area contributed by atoms with Crippen LogP contribution in [0.2, 0.25) is 0 Å². The number of rotatable bonds is 6. The molecule has 37 heavy (non-hydrogen) atoms. The van der Waals surface area contributed by atoms with Gasteiger partial charge in [0.15, 0.2) is 23.0 Å². The third-order valence-electron chi connectivity index (χ3n) is 7.60. The van der Waals surface area contributed by atoms with Crippen LogP contribution < -0.4 is 18.9 Å². The zero-order valence-corrected chi connectivity index (χ0v) is 20.1. The van der Waals surface area contributed by atoms with E-state index in [-0.39, 0.29) is 36.6 Å². The number of methoxy groups -OCH3 is 1. The summed E-state index contributed by atoms with van der Waals surface area (Å²) in [5.74, 6) is 2.41. The number of benzene rings is 2. The first-order valence-corrected chi connectivity index (χ1v) is 12.3. The SMILES string of the molecule is COc1cc([C@@H]2OC[C@@H]3[C@H]2CO[C@@H]3c2ccc3c(c2)OCO3)ccc1O[C@H]1O[C@@H](CO)[C@H](O)[C@@H](O)[C@@H]1O. The molecule has 6 rings (SSSR count). The van der Waals surface area contributed by atoms with Gasteiger partial charge in [-0.25, -0.2) is 0 Å². The Bertz CT molecular complexity index is 1120. The van der Waals surface area contributed by atoms with Crippen molar-refractivity contribution < 1.29 is 53.6 Å². The third kappa shape index (κ3) is 4.30. The van der Waals surface area contributed by atoms with Crippen molar-refractivity contribution in [3.63, 3.8) is 0 Å². The fourth-order valence-corrected chi connectivity index (χ4v) is 5.57. The zero-order valence-electron chi connectivity index (χ0n) is 20.1. The van der Waals surface area contributed by atoms with Crippen LogP contribution in [-0.2, 0) is 14.2 Å². The highest BCUT2D eigenvalue weighted by Gasteiger charge is 2.49. The Hall–Kier alpha value is -2.64. The number of hydrogen-bond acceptors (Lipinski definition) is 11. The summed E-state index contributed by atoms with van der Waals surface area (Å²) >= 11 is 0. The molecule has 0 unspecified atom stereocenters. The second kappa shape index (κ2) is 9.91. The van der Waals surface area contributed by atoms with Crippen LogP contribution in [0.15, 0.2) is 36.4 Å². The van der Waals surface area contributed by atoms with Gasteiger partial charge in [0.1, 0.15) is 24.4 Å². The molecule has 4 aliphatic heterocycles. The van der Waals surface area contributed by atoms with Gasteiger partial charge in [0.2, 0.25) is 13.1 Å². The fourth-order valence-electron chi connectivity index (χ4n) is 5.57. The van der Waals surface area contributed by atoms with Gasteiger partial charge >= 0.3 is 0 Å². The zero-order chi connectivity index (χ0) is 25.7. The van der Waals surface area contributed by atoms with E-state index in [9.17, 15) is 20.4 Å². The molecule has 4 N–H and O–H groups in total. The van der Waals surface area contributed by atoms with E-state index >= 15 is 0 Å². The molecule has 11 heteroatoms. The Kier molecular flexibility index (Phi) is 6.61. The number of aliphatic hydroxyl groups excluding tert-OH is 4. The minimum absolute atomic E-state index is 0.111. The molecule has 0 radical (unpaired) electrons. The van der Waals surface area contributed by atoms with Crippen molar-refractivity contribution in [1.82, 2.24) is 0 Å². The minimum atomic E-state index is -1.54. The second-order valence-corrected chi connectivity index (χ2v) is 9.67. The highest BCUT2D eigenvalue weighted by atomic mass is 16.7. The Morgan fingerprint density at radius 1 is 0.811 bits per heavy atom. The van der Waals surface area contributed by atoms with Gasteiger partial charge in [-0.1, -0.05) is 12.1 Å². The average Bonchev–Trinajstić information content (AvgIpc) is 3.65. The lowest BCUT2D eigenvalue weighted by molar-refractivity contribution is -0.277. The largest absolute Gasteiger partial charge is 0.493 e. The third-order valence-corrected chi connectivity index (χ3v) is 7.60. The second-order valence-electron chi connectivity index (χ2n) is 9.67. The number of hydrogen-bond donors (Lipinski definition) is 4. The molecule has 0 aromatic heterocycles. The Morgan fingerprint density at radius 3 is 2.19 bits per heavy atom. The van der Waals surface area contributed by atoms with Crippen LogP contribution in [0.5, 0.6) is 23.0 Å². The average molecular weight is 519 g/mol. The molecule has 2 aromatic rings. The van der Waals surface area contributed by atoms with Crippen LogP contribution >= 0.6 is 0 Å². The van der Waals surface area contributed by atoms with E-state index in [0.29, 0.717) is 19.0 Å². The maximum atomic E-state index is 10.3. The monoisotopic (exact) mass is 518 g/mol. The van der Waals surface area contributed by atoms with Crippen LogP contribution in [0.25, 0.3) is 0 Å². The van der Waals surface area contributed by atoms with E-state index in [2.05, 4.69) is 0 Å². The smallest absolute Gasteiger partial charge is 0.231 e. The van der Waals surface area contributed by atoms with Crippen LogP contribution in [0, 0.1) is 11.8 Å². The van der Waals surface area contributed by atoms with Crippen LogP contribution in [0.4, 0.5) is 0 Å². The molecule has 4 aliphatic rings. The van der Waals surface area contributed by atoms with E-state index in [1.807, 2.05) is 24.3 Å². The molecule has 0 bridgehead atoms. The fraction of sp³-hybridized carbons (Fsp3) is 0.538. The van der Waals surface area contributed by atoms with Gasteiger partial charge in [0.05, 0.1) is 39.1 Å². The summed E-state index contributed by atoms with van der Waals surface area (Å²) in [6.07, 6.45) is -7.23. The predicted molar refractivity (Wildman–Crippen MR) is 124 cm³/mol. The van der Waals surface area contributed by atoms with E-state index < -0.39 is 37.3 Å². The summed E-state index contributed by atoms with van der Waals surface area (Å²) in [6.45, 7) is 0.761. The first kappa shape index (κ1) is 24.7. The van der Waals surface area contributed by atoms with E-state index in [4.69, 9.17) is 33.2 Å².